The van der Waals surface area contributed by atoms with Crippen LogP contribution in [0.15, 0.2) is 29.2 Å². The van der Waals surface area contributed by atoms with Crippen molar-refractivity contribution >= 4 is 24.3 Å². The van der Waals surface area contributed by atoms with E-state index >= 15 is 0 Å². The SMILES string of the molecule is O=CNC1CCN(Sc2ccc(C(=O)O)cc2)CC1. The Kier molecular flexibility index (Phi) is 4.81. The van der Waals surface area contributed by atoms with Crippen LogP contribution in [-0.4, -0.2) is 40.9 Å². The highest BCUT2D eigenvalue weighted by atomic mass is 32.2. The van der Waals surface area contributed by atoms with Gasteiger partial charge in [0.15, 0.2) is 0 Å². The molecular formula is C13H16N2O3S. The third-order valence-electron chi connectivity index (χ3n) is 3.09. The minimum Gasteiger partial charge on any atom is -0.478 e. The van der Waals surface area contributed by atoms with Gasteiger partial charge in [-0.25, -0.2) is 9.10 Å². The van der Waals surface area contributed by atoms with Gasteiger partial charge in [-0.2, -0.15) is 0 Å². The Hall–Kier alpha value is -1.53. The highest BCUT2D eigenvalue weighted by Gasteiger charge is 2.19. The van der Waals surface area contributed by atoms with Crippen LogP contribution in [-0.2, 0) is 4.79 Å². The molecule has 0 atom stereocenters. The van der Waals surface area contributed by atoms with Crippen LogP contribution in [0.25, 0.3) is 0 Å². The number of rotatable bonds is 5. The van der Waals surface area contributed by atoms with E-state index in [9.17, 15) is 9.59 Å². The summed E-state index contributed by atoms with van der Waals surface area (Å²) in [7, 11) is 0. The van der Waals surface area contributed by atoms with Crippen molar-refractivity contribution in [2.75, 3.05) is 13.1 Å². The molecule has 102 valence electrons. The van der Waals surface area contributed by atoms with Gasteiger partial charge in [0.05, 0.1) is 5.56 Å². The lowest BCUT2D eigenvalue weighted by Crippen LogP contribution is -2.39. The lowest BCUT2D eigenvalue weighted by Gasteiger charge is -2.30. The Bertz CT molecular complexity index is 442. The quantitative estimate of drug-likeness (QED) is 0.633. The molecule has 0 bridgehead atoms. The summed E-state index contributed by atoms with van der Waals surface area (Å²) >= 11 is 1.63. The molecule has 1 amide bonds. The predicted molar refractivity (Wildman–Crippen MR) is 73.1 cm³/mol. The average Bonchev–Trinajstić information content (AvgIpc) is 2.42. The van der Waals surface area contributed by atoms with Crippen molar-refractivity contribution in [2.24, 2.45) is 0 Å². The summed E-state index contributed by atoms with van der Waals surface area (Å²) in [5, 5.41) is 11.6. The first-order chi connectivity index (χ1) is 9.19. The monoisotopic (exact) mass is 280 g/mol. The molecule has 1 heterocycles. The molecule has 1 aliphatic rings. The molecule has 1 fully saturated rings. The maximum atomic E-state index is 10.7. The minimum absolute atomic E-state index is 0.281. The summed E-state index contributed by atoms with van der Waals surface area (Å²) in [6.07, 6.45) is 2.65. The standard InChI is InChI=1S/C13H16N2O3S/c16-9-14-11-5-7-15(8-6-11)19-12-3-1-10(2-4-12)13(17)18/h1-4,9,11H,5-8H2,(H,14,16)(H,17,18). The maximum Gasteiger partial charge on any atom is 0.335 e. The molecule has 0 aromatic heterocycles. The number of benzene rings is 1. The van der Waals surface area contributed by atoms with Gasteiger partial charge >= 0.3 is 5.97 Å². The number of carbonyl (C=O) groups excluding carboxylic acids is 1. The highest BCUT2D eigenvalue weighted by molar-refractivity contribution is 7.97. The zero-order valence-electron chi connectivity index (χ0n) is 10.4. The van der Waals surface area contributed by atoms with Gasteiger partial charge in [0.25, 0.3) is 0 Å². The Morgan fingerprint density at radius 1 is 1.32 bits per heavy atom. The van der Waals surface area contributed by atoms with Crippen LogP contribution in [0.5, 0.6) is 0 Å². The van der Waals surface area contributed by atoms with E-state index in [1.165, 1.54) is 0 Å². The molecule has 1 aromatic carbocycles. The van der Waals surface area contributed by atoms with Gasteiger partial charge in [-0.1, -0.05) is 0 Å². The van der Waals surface area contributed by atoms with Crippen molar-refractivity contribution in [3.63, 3.8) is 0 Å². The largest absolute Gasteiger partial charge is 0.478 e. The third kappa shape index (κ3) is 3.97. The summed E-state index contributed by atoms with van der Waals surface area (Å²) < 4.78 is 2.23. The van der Waals surface area contributed by atoms with Crippen LogP contribution in [0.1, 0.15) is 23.2 Å². The number of amides is 1. The van der Waals surface area contributed by atoms with Gasteiger partial charge in [0.1, 0.15) is 0 Å². The van der Waals surface area contributed by atoms with Crippen LogP contribution in [0.4, 0.5) is 0 Å². The van der Waals surface area contributed by atoms with Crippen molar-refractivity contribution in [1.29, 1.82) is 0 Å². The van der Waals surface area contributed by atoms with Gasteiger partial charge in [-0.3, -0.25) is 4.79 Å². The van der Waals surface area contributed by atoms with E-state index < -0.39 is 5.97 Å². The van der Waals surface area contributed by atoms with Gasteiger partial charge in [-0.15, -0.1) is 0 Å². The molecule has 1 aromatic rings. The van der Waals surface area contributed by atoms with E-state index in [0.717, 1.165) is 37.2 Å². The van der Waals surface area contributed by atoms with Crippen molar-refractivity contribution in [2.45, 2.75) is 23.8 Å². The van der Waals surface area contributed by atoms with Gasteiger partial charge in [-0.05, 0) is 49.1 Å². The van der Waals surface area contributed by atoms with Crippen LogP contribution < -0.4 is 5.32 Å². The van der Waals surface area contributed by atoms with E-state index in [-0.39, 0.29) is 6.04 Å². The molecule has 0 aliphatic carbocycles. The summed E-state index contributed by atoms with van der Waals surface area (Å²) in [4.78, 5) is 22.1. The Morgan fingerprint density at radius 3 is 2.47 bits per heavy atom. The summed E-state index contributed by atoms with van der Waals surface area (Å²) in [5.74, 6) is -0.905. The molecule has 0 radical (unpaired) electrons. The number of hydrogen-bond donors (Lipinski definition) is 2. The molecule has 1 aliphatic heterocycles. The molecule has 6 heteroatoms. The first-order valence-corrected chi connectivity index (χ1v) is 6.92. The van der Waals surface area contributed by atoms with Gasteiger partial charge in [0.2, 0.25) is 6.41 Å². The fraction of sp³-hybridized carbons (Fsp3) is 0.385. The number of carboxylic acid groups (broad SMARTS) is 1. The lowest BCUT2D eigenvalue weighted by atomic mass is 10.1. The fourth-order valence-corrected chi connectivity index (χ4v) is 2.97. The second kappa shape index (κ2) is 6.58. The van der Waals surface area contributed by atoms with Crippen LogP contribution in [0.3, 0.4) is 0 Å². The second-order valence-corrected chi connectivity index (χ2v) is 5.58. The molecule has 0 spiro atoms. The smallest absolute Gasteiger partial charge is 0.335 e. The Balaban J connectivity index is 1.85. The summed E-state index contributed by atoms with van der Waals surface area (Å²) in [6.45, 7) is 1.83. The van der Waals surface area contributed by atoms with Crippen molar-refractivity contribution in [3.05, 3.63) is 29.8 Å². The number of carbonyl (C=O) groups is 2. The third-order valence-corrected chi connectivity index (χ3v) is 4.20. The molecule has 2 N–H and O–H groups in total. The number of piperidine rings is 1. The first-order valence-electron chi connectivity index (χ1n) is 6.15. The zero-order chi connectivity index (χ0) is 13.7. The van der Waals surface area contributed by atoms with Crippen LogP contribution >= 0.6 is 11.9 Å². The second-order valence-electron chi connectivity index (χ2n) is 4.41. The molecular weight excluding hydrogens is 264 g/mol. The normalized spacial score (nSPS) is 17.1. The summed E-state index contributed by atoms with van der Waals surface area (Å²) in [5.41, 5.74) is 0.304. The first kappa shape index (κ1) is 13.9. The van der Waals surface area contributed by atoms with E-state index in [4.69, 9.17) is 5.11 Å². The number of hydrogen-bond acceptors (Lipinski definition) is 4. The zero-order valence-corrected chi connectivity index (χ0v) is 11.2. The number of nitrogens with zero attached hydrogens (tertiary/aromatic N) is 1. The van der Waals surface area contributed by atoms with E-state index in [1.54, 1.807) is 24.1 Å². The van der Waals surface area contributed by atoms with Crippen LogP contribution in [0.2, 0.25) is 0 Å². The average molecular weight is 280 g/mol. The Morgan fingerprint density at radius 2 is 1.95 bits per heavy atom. The summed E-state index contributed by atoms with van der Waals surface area (Å²) in [6, 6.07) is 7.16. The van der Waals surface area contributed by atoms with E-state index in [1.807, 2.05) is 12.1 Å². The van der Waals surface area contributed by atoms with Crippen molar-refractivity contribution in [3.8, 4) is 0 Å². The highest BCUT2D eigenvalue weighted by Crippen LogP contribution is 2.26. The molecule has 0 saturated carbocycles. The number of carboxylic acids is 1. The van der Waals surface area contributed by atoms with Crippen molar-refractivity contribution < 1.29 is 14.7 Å². The lowest BCUT2D eigenvalue weighted by molar-refractivity contribution is -0.110. The molecule has 1 saturated heterocycles. The maximum absolute atomic E-state index is 10.7. The molecule has 5 nitrogen and oxygen atoms in total. The van der Waals surface area contributed by atoms with Gasteiger partial charge < -0.3 is 10.4 Å². The predicted octanol–water partition coefficient (Wildman–Crippen LogP) is 1.60. The molecule has 19 heavy (non-hydrogen) atoms. The van der Waals surface area contributed by atoms with Gasteiger partial charge in [0, 0.05) is 24.0 Å². The minimum atomic E-state index is -0.905. The topological polar surface area (TPSA) is 69.6 Å². The fourth-order valence-electron chi connectivity index (χ4n) is 2.02. The van der Waals surface area contributed by atoms with E-state index in [2.05, 4.69) is 9.62 Å². The molecule has 2 rings (SSSR count). The van der Waals surface area contributed by atoms with Crippen molar-refractivity contribution in [1.82, 2.24) is 9.62 Å². The number of aromatic carboxylic acids is 1. The van der Waals surface area contributed by atoms with Crippen LogP contribution in [0, 0.1) is 0 Å². The number of nitrogens with one attached hydrogen (secondary N) is 1. The molecule has 0 unspecified atom stereocenters. The Labute approximate surface area is 116 Å². The van der Waals surface area contributed by atoms with E-state index in [0.29, 0.717) is 5.56 Å².